The summed E-state index contributed by atoms with van der Waals surface area (Å²) in [6.07, 6.45) is 2.00. The van der Waals surface area contributed by atoms with Gasteiger partial charge in [-0.15, -0.1) is 0 Å². The summed E-state index contributed by atoms with van der Waals surface area (Å²) in [7, 11) is 1.50. The van der Waals surface area contributed by atoms with Gasteiger partial charge in [-0.1, -0.05) is 36.7 Å². The highest BCUT2D eigenvalue weighted by molar-refractivity contribution is 6.23. The maximum absolute atomic E-state index is 12.2. The minimum absolute atomic E-state index is 0.0184. The summed E-state index contributed by atoms with van der Waals surface area (Å²) in [5, 5.41) is 3.97. The van der Waals surface area contributed by atoms with Crippen molar-refractivity contribution in [3.63, 3.8) is 0 Å². The predicted octanol–water partition coefficient (Wildman–Crippen LogP) is 2.25. The lowest BCUT2D eigenvalue weighted by molar-refractivity contribution is 0.0852. The van der Waals surface area contributed by atoms with Crippen molar-refractivity contribution in [3.05, 3.63) is 35.4 Å². The third kappa shape index (κ3) is 2.02. The Morgan fingerprint density at radius 2 is 2.00 bits per heavy atom. The van der Waals surface area contributed by atoms with Crippen molar-refractivity contribution < 1.29 is 9.63 Å². The van der Waals surface area contributed by atoms with Crippen LogP contribution in [0.1, 0.15) is 35.7 Å². The van der Waals surface area contributed by atoms with Crippen LogP contribution in [0.2, 0.25) is 0 Å². The Labute approximate surface area is 101 Å². The molecule has 0 saturated heterocycles. The first kappa shape index (κ1) is 11.6. The number of oxime groups is 1. The van der Waals surface area contributed by atoms with Gasteiger partial charge in [0, 0.05) is 12.1 Å². The lowest BCUT2D eigenvalue weighted by atomic mass is 10.1. The molecule has 0 aliphatic carbocycles. The van der Waals surface area contributed by atoms with Gasteiger partial charge in [-0.25, -0.2) is 0 Å². The second-order valence-corrected chi connectivity index (χ2v) is 3.95. The molecule has 4 nitrogen and oxygen atoms in total. The van der Waals surface area contributed by atoms with Gasteiger partial charge in [0.2, 0.25) is 0 Å². The number of carbonyl (C=O) groups is 1. The largest absolute Gasteiger partial charge is 0.397 e. The van der Waals surface area contributed by atoms with Gasteiger partial charge in [-0.3, -0.25) is 9.69 Å². The molecular formula is C13H16N2O2. The van der Waals surface area contributed by atoms with Gasteiger partial charge in [0.05, 0.1) is 5.56 Å². The molecule has 1 amide bonds. The van der Waals surface area contributed by atoms with Crippen molar-refractivity contribution in [2.45, 2.75) is 19.8 Å². The Morgan fingerprint density at radius 1 is 1.29 bits per heavy atom. The van der Waals surface area contributed by atoms with Crippen molar-refractivity contribution in [2.75, 3.05) is 13.7 Å². The molecule has 17 heavy (non-hydrogen) atoms. The highest BCUT2D eigenvalue weighted by Crippen LogP contribution is 2.23. The fourth-order valence-electron chi connectivity index (χ4n) is 1.96. The molecule has 1 aliphatic rings. The van der Waals surface area contributed by atoms with Crippen LogP contribution in [0.3, 0.4) is 0 Å². The van der Waals surface area contributed by atoms with Crippen LogP contribution in [0.25, 0.3) is 0 Å². The quantitative estimate of drug-likeness (QED) is 0.747. The number of benzene rings is 1. The van der Waals surface area contributed by atoms with Gasteiger partial charge >= 0.3 is 0 Å². The van der Waals surface area contributed by atoms with Crippen LogP contribution < -0.4 is 0 Å². The number of unbranched alkanes of at least 4 members (excludes halogenated alkanes) is 1. The highest BCUT2D eigenvalue weighted by Gasteiger charge is 2.33. The molecule has 0 spiro atoms. The minimum Gasteiger partial charge on any atom is -0.397 e. The van der Waals surface area contributed by atoms with Crippen LogP contribution in [0, 0.1) is 0 Å². The molecule has 4 heteroatoms. The number of rotatable bonds is 4. The standard InChI is InChI=1S/C13H16N2O2/c1-3-4-9-15-12(14-17-2)10-7-5-6-8-11(10)13(15)16/h5-8H,3-4,9H2,1-2H3. The lowest BCUT2D eigenvalue weighted by Gasteiger charge is -2.15. The molecule has 0 bridgehead atoms. The van der Waals surface area contributed by atoms with E-state index in [9.17, 15) is 4.79 Å². The van der Waals surface area contributed by atoms with Gasteiger partial charge in [-0.05, 0) is 12.5 Å². The molecule has 90 valence electrons. The summed E-state index contributed by atoms with van der Waals surface area (Å²) in [6.45, 7) is 2.78. The van der Waals surface area contributed by atoms with E-state index in [4.69, 9.17) is 4.84 Å². The second-order valence-electron chi connectivity index (χ2n) is 3.95. The molecule has 0 saturated carbocycles. The van der Waals surface area contributed by atoms with Crippen LogP contribution in [0.5, 0.6) is 0 Å². The van der Waals surface area contributed by atoms with Crippen LogP contribution >= 0.6 is 0 Å². The first-order valence-corrected chi connectivity index (χ1v) is 5.82. The Hall–Kier alpha value is -1.84. The fraction of sp³-hybridized carbons (Fsp3) is 0.385. The van der Waals surface area contributed by atoms with E-state index in [1.807, 2.05) is 24.3 Å². The number of carbonyl (C=O) groups excluding carboxylic acids is 1. The molecule has 0 radical (unpaired) electrons. The molecule has 1 heterocycles. The average Bonchev–Trinajstić information content (AvgIpc) is 2.62. The molecule has 1 aliphatic heterocycles. The molecule has 1 aromatic rings. The normalized spacial score (nSPS) is 16.5. The minimum atomic E-state index is 0.0184. The molecule has 0 N–H and O–H groups in total. The summed E-state index contributed by atoms with van der Waals surface area (Å²) in [6, 6.07) is 7.50. The zero-order valence-electron chi connectivity index (χ0n) is 10.1. The first-order valence-electron chi connectivity index (χ1n) is 5.82. The van der Waals surface area contributed by atoms with Gasteiger partial charge in [-0.2, -0.15) is 0 Å². The number of nitrogens with zero attached hydrogens (tertiary/aromatic N) is 2. The lowest BCUT2D eigenvalue weighted by Crippen LogP contribution is -2.31. The Morgan fingerprint density at radius 3 is 2.65 bits per heavy atom. The number of fused-ring (bicyclic) bond motifs is 1. The molecule has 0 aromatic heterocycles. The van der Waals surface area contributed by atoms with Crippen LogP contribution in [0.15, 0.2) is 29.4 Å². The van der Waals surface area contributed by atoms with Crippen molar-refractivity contribution >= 4 is 11.7 Å². The number of hydrogen-bond acceptors (Lipinski definition) is 3. The molecule has 0 unspecified atom stereocenters. The molecular weight excluding hydrogens is 216 g/mol. The molecule has 2 rings (SSSR count). The van der Waals surface area contributed by atoms with Crippen LogP contribution in [-0.4, -0.2) is 30.3 Å². The molecule has 1 aromatic carbocycles. The van der Waals surface area contributed by atoms with Crippen molar-refractivity contribution in [1.29, 1.82) is 0 Å². The average molecular weight is 232 g/mol. The predicted molar refractivity (Wildman–Crippen MR) is 65.9 cm³/mol. The SMILES string of the molecule is CCCCN1C(=O)c2ccccc2C1=NOC. The van der Waals surface area contributed by atoms with E-state index in [1.165, 1.54) is 7.11 Å². The van der Waals surface area contributed by atoms with E-state index >= 15 is 0 Å². The van der Waals surface area contributed by atoms with Crippen LogP contribution in [-0.2, 0) is 4.84 Å². The summed E-state index contributed by atoms with van der Waals surface area (Å²) in [5.74, 6) is 0.645. The van der Waals surface area contributed by atoms with Crippen molar-refractivity contribution in [1.82, 2.24) is 4.90 Å². The monoisotopic (exact) mass is 232 g/mol. The topological polar surface area (TPSA) is 41.9 Å². The fourth-order valence-corrected chi connectivity index (χ4v) is 1.96. The van der Waals surface area contributed by atoms with E-state index in [1.54, 1.807) is 4.90 Å². The van der Waals surface area contributed by atoms with E-state index in [0.717, 1.165) is 18.4 Å². The maximum atomic E-state index is 12.2. The summed E-state index contributed by atoms with van der Waals surface area (Å²) >= 11 is 0. The van der Waals surface area contributed by atoms with Gasteiger partial charge in [0.15, 0.2) is 5.84 Å². The van der Waals surface area contributed by atoms with Gasteiger partial charge < -0.3 is 4.84 Å². The Bertz CT molecular complexity index is 454. The second kappa shape index (κ2) is 4.99. The van der Waals surface area contributed by atoms with E-state index in [-0.39, 0.29) is 5.91 Å². The first-order chi connectivity index (χ1) is 8.29. The van der Waals surface area contributed by atoms with Gasteiger partial charge in [0.25, 0.3) is 5.91 Å². The van der Waals surface area contributed by atoms with E-state index in [2.05, 4.69) is 12.1 Å². The zero-order chi connectivity index (χ0) is 12.3. The van der Waals surface area contributed by atoms with Gasteiger partial charge in [0.1, 0.15) is 7.11 Å². The van der Waals surface area contributed by atoms with E-state index < -0.39 is 0 Å². The number of amidine groups is 1. The maximum Gasteiger partial charge on any atom is 0.260 e. The zero-order valence-corrected chi connectivity index (χ0v) is 10.1. The highest BCUT2D eigenvalue weighted by atomic mass is 16.6. The number of hydrogen-bond donors (Lipinski definition) is 0. The molecule has 0 fully saturated rings. The van der Waals surface area contributed by atoms with E-state index in [0.29, 0.717) is 17.9 Å². The molecule has 0 atom stereocenters. The Balaban J connectivity index is 2.37. The number of amides is 1. The summed E-state index contributed by atoms with van der Waals surface area (Å²) in [5.41, 5.74) is 1.56. The van der Waals surface area contributed by atoms with Crippen molar-refractivity contribution in [3.8, 4) is 0 Å². The van der Waals surface area contributed by atoms with Crippen molar-refractivity contribution in [2.24, 2.45) is 5.16 Å². The third-order valence-electron chi connectivity index (χ3n) is 2.81. The Kier molecular flexibility index (Phi) is 3.42. The van der Waals surface area contributed by atoms with Crippen LogP contribution in [0.4, 0.5) is 0 Å². The smallest absolute Gasteiger partial charge is 0.260 e. The summed E-state index contributed by atoms with van der Waals surface area (Å²) in [4.78, 5) is 18.7. The summed E-state index contributed by atoms with van der Waals surface area (Å²) < 4.78 is 0. The third-order valence-corrected chi connectivity index (χ3v) is 2.81.